The Balaban J connectivity index is 2.73. The lowest BCUT2D eigenvalue weighted by molar-refractivity contribution is -0.274. The van der Waals surface area contributed by atoms with E-state index in [9.17, 15) is 18.0 Å². The Labute approximate surface area is 106 Å². The maximum absolute atomic E-state index is 11.9. The molecule has 0 aliphatic rings. The van der Waals surface area contributed by atoms with E-state index in [2.05, 4.69) is 9.47 Å². The van der Waals surface area contributed by atoms with Gasteiger partial charge < -0.3 is 9.47 Å². The highest BCUT2D eigenvalue weighted by molar-refractivity contribution is 6.32. The summed E-state index contributed by atoms with van der Waals surface area (Å²) in [6, 6.07) is 3.53. The summed E-state index contributed by atoms with van der Waals surface area (Å²) >= 11 is 5.75. The Morgan fingerprint density at radius 1 is 1.39 bits per heavy atom. The second-order valence-electron chi connectivity index (χ2n) is 3.03. The van der Waals surface area contributed by atoms with Crippen LogP contribution in [0.2, 0.25) is 5.02 Å². The van der Waals surface area contributed by atoms with Gasteiger partial charge in [-0.25, -0.2) is 4.79 Å². The van der Waals surface area contributed by atoms with E-state index in [-0.39, 0.29) is 11.6 Å². The molecule has 0 atom stereocenters. The topological polar surface area (TPSA) is 35.5 Å². The van der Waals surface area contributed by atoms with Gasteiger partial charge in [-0.2, -0.15) is 0 Å². The zero-order valence-corrected chi connectivity index (χ0v) is 9.59. The summed E-state index contributed by atoms with van der Waals surface area (Å²) in [5, 5.41) is 0.0862. The molecule has 0 N–H and O–H groups in total. The van der Waals surface area contributed by atoms with Crippen LogP contribution in [0.5, 0.6) is 5.75 Å². The summed E-state index contributed by atoms with van der Waals surface area (Å²) in [4.78, 5) is 9.73. The van der Waals surface area contributed by atoms with Crippen molar-refractivity contribution in [1.82, 2.24) is 0 Å². The minimum atomic E-state index is -4.76. The van der Waals surface area contributed by atoms with Crippen molar-refractivity contribution in [3.63, 3.8) is 0 Å². The summed E-state index contributed by atoms with van der Waals surface area (Å²) in [5.41, 5.74) is 0.473. The third-order valence-corrected chi connectivity index (χ3v) is 2.07. The molecule has 7 heteroatoms. The number of carbonyl (C=O) groups excluding carboxylic acids is 1. The Morgan fingerprint density at radius 2 is 2.11 bits per heavy atom. The standard InChI is InChI=1S/C11H7ClF3O3/c12-10-6-9(18-11(13,14)15)4-3-8(10)2-1-5-17-7-16/h1-4,6H,5H2. The molecule has 0 saturated carbocycles. The van der Waals surface area contributed by atoms with Crippen LogP contribution < -0.4 is 4.74 Å². The van der Waals surface area contributed by atoms with Gasteiger partial charge in [-0.05, 0) is 29.8 Å². The number of rotatable bonds is 5. The molecular weight excluding hydrogens is 273 g/mol. The van der Waals surface area contributed by atoms with E-state index in [4.69, 9.17) is 11.6 Å². The summed E-state index contributed by atoms with van der Waals surface area (Å²) in [5.74, 6) is -0.401. The summed E-state index contributed by atoms with van der Waals surface area (Å²) in [7, 11) is 0. The van der Waals surface area contributed by atoms with Crippen molar-refractivity contribution < 1.29 is 27.4 Å². The number of alkyl halides is 3. The third-order valence-electron chi connectivity index (χ3n) is 1.74. The fourth-order valence-electron chi connectivity index (χ4n) is 1.10. The van der Waals surface area contributed by atoms with Gasteiger partial charge in [0.05, 0.1) is 5.02 Å². The third kappa shape index (κ3) is 5.09. The average molecular weight is 280 g/mol. The van der Waals surface area contributed by atoms with Gasteiger partial charge in [-0.1, -0.05) is 17.7 Å². The predicted molar refractivity (Wildman–Crippen MR) is 58.8 cm³/mol. The maximum atomic E-state index is 11.9. The van der Waals surface area contributed by atoms with Crippen molar-refractivity contribution in [1.29, 1.82) is 0 Å². The van der Waals surface area contributed by atoms with E-state index in [1.54, 1.807) is 0 Å². The normalized spacial score (nSPS) is 11.6. The van der Waals surface area contributed by atoms with Gasteiger partial charge in [0.2, 0.25) is 0 Å². The van der Waals surface area contributed by atoms with E-state index in [0.29, 0.717) is 5.56 Å². The first-order valence-electron chi connectivity index (χ1n) is 4.63. The zero-order chi connectivity index (χ0) is 13.6. The molecular formula is C11H7ClF3O3. The lowest BCUT2D eigenvalue weighted by Crippen LogP contribution is -2.17. The van der Waals surface area contributed by atoms with Crippen LogP contribution in [0.25, 0.3) is 6.08 Å². The zero-order valence-electron chi connectivity index (χ0n) is 8.83. The van der Waals surface area contributed by atoms with Crippen LogP contribution in [0.15, 0.2) is 24.3 Å². The monoisotopic (exact) mass is 279 g/mol. The van der Waals surface area contributed by atoms with E-state index in [0.717, 1.165) is 12.1 Å². The molecule has 1 rings (SSSR count). The average Bonchev–Trinajstić information content (AvgIpc) is 2.24. The van der Waals surface area contributed by atoms with Gasteiger partial charge in [0.1, 0.15) is 12.4 Å². The fourth-order valence-corrected chi connectivity index (χ4v) is 1.33. The van der Waals surface area contributed by atoms with Crippen molar-refractivity contribution >= 4 is 24.1 Å². The quantitative estimate of drug-likeness (QED) is 0.776. The Morgan fingerprint density at radius 3 is 2.67 bits per heavy atom. The first-order chi connectivity index (χ1) is 8.42. The molecule has 0 aromatic heterocycles. The molecule has 0 unspecified atom stereocenters. The number of ether oxygens (including phenoxy) is 2. The number of hydrogen-bond donors (Lipinski definition) is 0. The minimum Gasteiger partial charge on any atom is -0.453 e. The van der Waals surface area contributed by atoms with Crippen LogP contribution in [-0.4, -0.2) is 19.4 Å². The molecule has 0 saturated heterocycles. The highest BCUT2D eigenvalue weighted by Gasteiger charge is 2.31. The second kappa shape index (κ2) is 6.30. The molecule has 0 heterocycles. The van der Waals surface area contributed by atoms with Gasteiger partial charge in [0.15, 0.2) is 0 Å². The van der Waals surface area contributed by atoms with Gasteiger partial charge in [0, 0.05) is 0 Å². The molecule has 0 spiro atoms. The molecule has 0 aliphatic heterocycles. The summed E-state index contributed by atoms with van der Waals surface area (Å²) in [6.07, 6.45) is -1.79. The predicted octanol–water partition coefficient (Wildman–Crippen LogP) is 3.34. The Bertz CT molecular complexity index is 444. The van der Waals surface area contributed by atoms with E-state index in [1.165, 1.54) is 24.7 Å². The van der Waals surface area contributed by atoms with Crippen LogP contribution in [0.1, 0.15) is 5.56 Å². The molecule has 0 bridgehead atoms. The fraction of sp³-hybridized carbons (Fsp3) is 0.182. The number of hydrogen-bond acceptors (Lipinski definition) is 3. The Hall–Kier alpha value is -1.69. The molecule has 3 nitrogen and oxygen atoms in total. The Kier molecular flexibility index (Phi) is 5.03. The first kappa shape index (κ1) is 14.4. The lowest BCUT2D eigenvalue weighted by Gasteiger charge is -2.09. The van der Waals surface area contributed by atoms with Crippen LogP contribution >= 0.6 is 11.6 Å². The molecule has 0 fully saturated rings. The van der Waals surface area contributed by atoms with Gasteiger partial charge >= 0.3 is 12.8 Å². The molecule has 0 amide bonds. The maximum Gasteiger partial charge on any atom is 0.573 e. The lowest BCUT2D eigenvalue weighted by atomic mass is 10.2. The molecule has 0 aliphatic carbocycles. The number of halogens is 4. The summed E-state index contributed by atoms with van der Waals surface area (Å²) < 4.78 is 43.8. The van der Waals surface area contributed by atoms with E-state index < -0.39 is 12.1 Å². The molecule has 97 valence electrons. The highest BCUT2D eigenvalue weighted by atomic mass is 35.5. The van der Waals surface area contributed by atoms with Crippen LogP contribution in [0, 0.1) is 0 Å². The SMILES string of the molecule is O=[C]OCC=Cc1ccc(OC(F)(F)F)cc1Cl. The van der Waals surface area contributed by atoms with Crippen molar-refractivity contribution in [2.75, 3.05) is 6.61 Å². The molecule has 1 radical (unpaired) electrons. The van der Waals surface area contributed by atoms with Crippen molar-refractivity contribution in [3.05, 3.63) is 34.9 Å². The second-order valence-corrected chi connectivity index (χ2v) is 3.44. The van der Waals surface area contributed by atoms with Crippen molar-refractivity contribution in [3.8, 4) is 5.75 Å². The van der Waals surface area contributed by atoms with Gasteiger partial charge in [-0.3, -0.25) is 0 Å². The molecule has 18 heavy (non-hydrogen) atoms. The van der Waals surface area contributed by atoms with E-state index >= 15 is 0 Å². The summed E-state index contributed by atoms with van der Waals surface area (Å²) in [6.45, 7) is 1.22. The van der Waals surface area contributed by atoms with Gasteiger partial charge in [0.25, 0.3) is 0 Å². The number of benzene rings is 1. The minimum absolute atomic E-state index is 0.000626. The highest BCUT2D eigenvalue weighted by Crippen LogP contribution is 2.28. The van der Waals surface area contributed by atoms with Crippen LogP contribution in [0.4, 0.5) is 13.2 Å². The van der Waals surface area contributed by atoms with Crippen LogP contribution in [0.3, 0.4) is 0 Å². The van der Waals surface area contributed by atoms with Crippen molar-refractivity contribution in [2.45, 2.75) is 6.36 Å². The smallest absolute Gasteiger partial charge is 0.453 e. The largest absolute Gasteiger partial charge is 0.573 e. The van der Waals surface area contributed by atoms with Crippen LogP contribution in [-0.2, 0) is 9.53 Å². The first-order valence-corrected chi connectivity index (χ1v) is 5.01. The van der Waals surface area contributed by atoms with E-state index in [1.807, 2.05) is 0 Å². The molecule has 1 aromatic rings. The molecule has 1 aromatic carbocycles. The van der Waals surface area contributed by atoms with Gasteiger partial charge in [-0.15, -0.1) is 13.2 Å². The van der Waals surface area contributed by atoms with Crippen molar-refractivity contribution in [2.24, 2.45) is 0 Å².